The highest BCUT2D eigenvalue weighted by molar-refractivity contribution is 9.10. The van der Waals surface area contributed by atoms with E-state index >= 15 is 0 Å². The predicted molar refractivity (Wildman–Crippen MR) is 46.2 cm³/mol. The van der Waals surface area contributed by atoms with Crippen molar-refractivity contribution >= 4 is 27.8 Å². The van der Waals surface area contributed by atoms with E-state index in [0.717, 1.165) is 0 Å². The van der Waals surface area contributed by atoms with Crippen LogP contribution >= 0.6 is 15.9 Å². The van der Waals surface area contributed by atoms with Crippen LogP contribution < -0.4 is 11.1 Å². The molecule has 0 atom stereocenters. The van der Waals surface area contributed by atoms with Crippen LogP contribution in [0.5, 0.6) is 0 Å². The first-order chi connectivity index (χ1) is 5.63. The normalized spacial score (nSPS) is 9.83. The van der Waals surface area contributed by atoms with E-state index in [1.807, 2.05) is 0 Å². The summed E-state index contributed by atoms with van der Waals surface area (Å²) < 4.78 is 1.82. The number of nitrogens with one attached hydrogen (secondary N) is 1. The van der Waals surface area contributed by atoms with Gasteiger partial charge in [0.25, 0.3) is 0 Å². The topological polar surface area (TPSA) is 85.8 Å². The van der Waals surface area contributed by atoms with Crippen molar-refractivity contribution in [1.82, 2.24) is 20.1 Å². The van der Waals surface area contributed by atoms with Crippen LogP contribution in [0.1, 0.15) is 0 Å². The highest BCUT2D eigenvalue weighted by Gasteiger charge is 2.07. The van der Waals surface area contributed by atoms with Crippen molar-refractivity contribution in [3.8, 4) is 0 Å². The fraction of sp³-hybridized carbons (Fsp3) is 0.400. The van der Waals surface area contributed by atoms with Crippen molar-refractivity contribution in [2.75, 3.05) is 12.8 Å². The van der Waals surface area contributed by atoms with Gasteiger partial charge in [-0.15, -0.1) is 5.10 Å². The average Bonchev–Trinajstić information content (AvgIpc) is 2.30. The summed E-state index contributed by atoms with van der Waals surface area (Å²) in [5.41, 5.74) is 5.29. The van der Waals surface area contributed by atoms with Crippen molar-refractivity contribution in [3.63, 3.8) is 0 Å². The first kappa shape index (κ1) is 8.98. The molecular weight excluding hydrogens is 226 g/mol. The van der Waals surface area contributed by atoms with Gasteiger partial charge in [-0.1, -0.05) is 0 Å². The van der Waals surface area contributed by atoms with Gasteiger partial charge >= 0.3 is 0 Å². The minimum atomic E-state index is -0.152. The number of nitrogen functional groups attached to an aromatic ring is 1. The van der Waals surface area contributed by atoms with Crippen molar-refractivity contribution in [3.05, 3.63) is 4.73 Å². The molecule has 0 saturated carbocycles. The molecule has 6 nitrogen and oxygen atoms in total. The molecule has 0 saturated heterocycles. The lowest BCUT2D eigenvalue weighted by Crippen LogP contribution is -2.24. The number of nitrogens with zero attached hydrogens (tertiary/aromatic N) is 3. The van der Waals surface area contributed by atoms with Crippen molar-refractivity contribution in [2.45, 2.75) is 6.54 Å². The number of aromatic nitrogens is 3. The van der Waals surface area contributed by atoms with Gasteiger partial charge in [-0.25, -0.2) is 4.68 Å². The molecule has 0 unspecified atom stereocenters. The Bertz CT molecular complexity index is 296. The smallest absolute Gasteiger partial charge is 0.241 e. The monoisotopic (exact) mass is 233 g/mol. The van der Waals surface area contributed by atoms with E-state index in [9.17, 15) is 4.79 Å². The summed E-state index contributed by atoms with van der Waals surface area (Å²) in [6.07, 6.45) is 0. The second-order valence-electron chi connectivity index (χ2n) is 2.07. The van der Waals surface area contributed by atoms with Gasteiger partial charge in [0.1, 0.15) is 6.54 Å². The Morgan fingerprint density at radius 3 is 2.92 bits per heavy atom. The van der Waals surface area contributed by atoms with Crippen molar-refractivity contribution in [2.24, 2.45) is 0 Å². The number of anilines is 1. The third kappa shape index (κ3) is 1.94. The van der Waals surface area contributed by atoms with Gasteiger partial charge in [0.2, 0.25) is 11.9 Å². The molecule has 1 rings (SSSR count). The van der Waals surface area contributed by atoms with Gasteiger partial charge in [0.05, 0.1) is 0 Å². The number of hydrogen-bond acceptors (Lipinski definition) is 4. The number of amides is 1. The van der Waals surface area contributed by atoms with E-state index in [-0.39, 0.29) is 18.4 Å². The molecule has 7 heteroatoms. The third-order valence-corrected chi connectivity index (χ3v) is 1.80. The minimum Gasteiger partial charge on any atom is -0.366 e. The summed E-state index contributed by atoms with van der Waals surface area (Å²) >= 11 is 3.10. The molecule has 0 radical (unpaired) electrons. The Hall–Kier alpha value is -1.11. The molecule has 12 heavy (non-hydrogen) atoms. The molecule has 0 aliphatic heterocycles. The molecule has 1 aromatic rings. The fourth-order valence-corrected chi connectivity index (χ4v) is 1.04. The number of rotatable bonds is 2. The summed E-state index contributed by atoms with van der Waals surface area (Å²) in [7, 11) is 1.55. The molecule has 0 fully saturated rings. The molecule has 0 aliphatic rings. The van der Waals surface area contributed by atoms with E-state index in [1.165, 1.54) is 4.68 Å². The van der Waals surface area contributed by atoms with E-state index in [4.69, 9.17) is 5.73 Å². The minimum absolute atomic E-state index is 0.112. The highest BCUT2D eigenvalue weighted by atomic mass is 79.9. The maximum absolute atomic E-state index is 10.9. The SMILES string of the molecule is CNC(=O)Cn1nc(N)nc1Br. The van der Waals surface area contributed by atoms with Crippen molar-refractivity contribution in [1.29, 1.82) is 0 Å². The zero-order chi connectivity index (χ0) is 9.14. The van der Waals surface area contributed by atoms with Gasteiger partial charge in [0, 0.05) is 7.05 Å². The molecule has 0 spiro atoms. The number of nitrogens with two attached hydrogens (primary N) is 1. The molecule has 1 amide bonds. The lowest BCUT2D eigenvalue weighted by atomic mass is 10.6. The number of halogens is 1. The summed E-state index contributed by atoms with van der Waals surface area (Å²) in [5, 5.41) is 6.23. The molecular formula is C5H8BrN5O. The molecule has 66 valence electrons. The Labute approximate surface area is 77.3 Å². The number of likely N-dealkylation sites (N-methyl/N-ethyl adjacent to an activating group) is 1. The number of carbonyl (C=O) groups excluding carboxylic acids is 1. The van der Waals surface area contributed by atoms with E-state index in [1.54, 1.807) is 7.05 Å². The molecule has 0 aliphatic carbocycles. The van der Waals surface area contributed by atoms with Crippen LogP contribution in [-0.4, -0.2) is 27.7 Å². The molecule has 0 aromatic carbocycles. The molecule has 1 heterocycles. The van der Waals surface area contributed by atoms with Gasteiger partial charge in [0.15, 0.2) is 4.73 Å². The lowest BCUT2D eigenvalue weighted by Gasteiger charge is -1.98. The van der Waals surface area contributed by atoms with Crippen LogP contribution in [-0.2, 0) is 11.3 Å². The summed E-state index contributed by atoms with van der Waals surface area (Å²) in [6.45, 7) is 0.112. The maximum atomic E-state index is 10.9. The standard InChI is InChI=1S/C5H8BrN5O/c1-8-3(12)2-11-4(6)9-5(7)10-11/h2H2,1H3,(H2,7,10)(H,8,12). The van der Waals surface area contributed by atoms with Crippen LogP contribution in [0.3, 0.4) is 0 Å². The quantitative estimate of drug-likeness (QED) is 0.713. The zero-order valence-electron chi connectivity index (χ0n) is 6.41. The summed E-state index contributed by atoms with van der Waals surface area (Å²) in [6, 6.07) is 0. The summed E-state index contributed by atoms with van der Waals surface area (Å²) in [4.78, 5) is 14.6. The van der Waals surface area contributed by atoms with Gasteiger partial charge in [-0.05, 0) is 15.9 Å². The Kier molecular flexibility index (Phi) is 2.64. The maximum Gasteiger partial charge on any atom is 0.241 e. The van der Waals surface area contributed by atoms with Crippen LogP contribution in [0.2, 0.25) is 0 Å². The van der Waals surface area contributed by atoms with Crippen LogP contribution in [0.15, 0.2) is 4.73 Å². The van der Waals surface area contributed by atoms with E-state index < -0.39 is 0 Å². The molecule has 1 aromatic heterocycles. The number of carbonyl (C=O) groups is 1. The number of hydrogen-bond donors (Lipinski definition) is 2. The van der Waals surface area contributed by atoms with Gasteiger partial charge in [-0.2, -0.15) is 4.98 Å². The lowest BCUT2D eigenvalue weighted by molar-refractivity contribution is -0.121. The Morgan fingerprint density at radius 1 is 1.83 bits per heavy atom. The molecule has 3 N–H and O–H groups in total. The third-order valence-electron chi connectivity index (χ3n) is 1.22. The van der Waals surface area contributed by atoms with Crippen LogP contribution in [0, 0.1) is 0 Å². The van der Waals surface area contributed by atoms with Crippen molar-refractivity contribution < 1.29 is 4.79 Å². The largest absolute Gasteiger partial charge is 0.366 e. The second kappa shape index (κ2) is 3.53. The van der Waals surface area contributed by atoms with Crippen LogP contribution in [0.4, 0.5) is 5.95 Å². The summed E-state index contributed by atoms with van der Waals surface area (Å²) in [5.74, 6) is -0.00798. The van der Waals surface area contributed by atoms with Gasteiger partial charge in [-0.3, -0.25) is 4.79 Å². The second-order valence-corrected chi connectivity index (χ2v) is 2.78. The Morgan fingerprint density at radius 2 is 2.50 bits per heavy atom. The van der Waals surface area contributed by atoms with Crippen LogP contribution in [0.25, 0.3) is 0 Å². The predicted octanol–water partition coefficient (Wildman–Crippen LogP) is -0.631. The Balaban J connectivity index is 2.75. The van der Waals surface area contributed by atoms with E-state index in [2.05, 4.69) is 31.3 Å². The first-order valence-corrected chi connectivity index (χ1v) is 3.99. The highest BCUT2D eigenvalue weighted by Crippen LogP contribution is 2.06. The zero-order valence-corrected chi connectivity index (χ0v) is 8.00. The molecule has 0 bridgehead atoms. The first-order valence-electron chi connectivity index (χ1n) is 3.20. The fourth-order valence-electron chi connectivity index (χ4n) is 0.655. The average molecular weight is 234 g/mol. The van der Waals surface area contributed by atoms with Gasteiger partial charge < -0.3 is 11.1 Å². The van der Waals surface area contributed by atoms with E-state index in [0.29, 0.717) is 4.73 Å².